The molecule has 6 rings (SSSR count). The van der Waals surface area contributed by atoms with E-state index in [1.807, 2.05) is 0 Å². The van der Waals surface area contributed by atoms with Crippen molar-refractivity contribution in [3.8, 4) is 22.9 Å². The van der Waals surface area contributed by atoms with Crippen molar-refractivity contribution in [2.45, 2.75) is 37.8 Å². The SMILES string of the molecule is COC(=O)c1ccc(OC2CCCc3c(C(F)(F)F)nn(-c4cccc(C(=O)N(C)c5ccc6c(c5)OC(F)(F)O6)c4)c32)cc1F. The van der Waals surface area contributed by atoms with E-state index in [9.17, 15) is 35.9 Å². The van der Waals surface area contributed by atoms with Crippen LogP contribution in [0.2, 0.25) is 0 Å². The van der Waals surface area contributed by atoms with E-state index < -0.39 is 42.0 Å². The molecule has 1 aromatic heterocycles. The molecule has 46 heavy (non-hydrogen) atoms. The fourth-order valence-electron chi connectivity index (χ4n) is 5.42. The van der Waals surface area contributed by atoms with Crippen molar-refractivity contribution < 1.29 is 54.9 Å². The van der Waals surface area contributed by atoms with E-state index in [0.29, 0.717) is 6.42 Å². The van der Waals surface area contributed by atoms with Gasteiger partial charge in [0, 0.05) is 36.0 Å². The number of hydrogen-bond acceptors (Lipinski definition) is 7. The summed E-state index contributed by atoms with van der Waals surface area (Å²) in [5, 5.41) is 3.90. The number of aromatic nitrogens is 2. The minimum Gasteiger partial charge on any atom is -0.484 e. The average Bonchev–Trinajstić information content (AvgIpc) is 3.57. The first kappa shape index (κ1) is 30.8. The number of anilines is 1. The minimum absolute atomic E-state index is 0.0312. The number of benzene rings is 3. The molecule has 2 aliphatic rings. The van der Waals surface area contributed by atoms with Crippen molar-refractivity contribution in [2.75, 3.05) is 19.1 Å². The van der Waals surface area contributed by atoms with Gasteiger partial charge in [0.25, 0.3) is 5.91 Å². The van der Waals surface area contributed by atoms with Crippen LogP contribution in [0.1, 0.15) is 56.6 Å². The molecule has 15 heteroatoms. The number of carbonyl (C=O) groups is 2. The van der Waals surface area contributed by atoms with Gasteiger partial charge in [-0.3, -0.25) is 4.79 Å². The van der Waals surface area contributed by atoms with E-state index >= 15 is 0 Å². The topological polar surface area (TPSA) is 92.1 Å². The maximum Gasteiger partial charge on any atom is 0.586 e. The quantitative estimate of drug-likeness (QED) is 0.167. The van der Waals surface area contributed by atoms with Gasteiger partial charge in [-0.1, -0.05) is 6.07 Å². The molecule has 3 aromatic carbocycles. The predicted molar refractivity (Wildman–Crippen MR) is 148 cm³/mol. The Kier molecular flexibility index (Phi) is 7.57. The number of ether oxygens (including phenoxy) is 4. The molecule has 1 aliphatic carbocycles. The molecule has 0 radical (unpaired) electrons. The molecule has 1 amide bonds. The van der Waals surface area contributed by atoms with Crippen molar-refractivity contribution in [1.82, 2.24) is 9.78 Å². The lowest BCUT2D eigenvalue weighted by molar-refractivity contribution is -0.286. The highest BCUT2D eigenvalue weighted by Crippen LogP contribution is 2.44. The predicted octanol–water partition coefficient (Wildman–Crippen LogP) is 6.87. The Morgan fingerprint density at radius 1 is 1.04 bits per heavy atom. The third-order valence-electron chi connectivity index (χ3n) is 7.53. The van der Waals surface area contributed by atoms with Crippen molar-refractivity contribution in [3.05, 3.63) is 94.6 Å². The molecule has 0 bridgehead atoms. The van der Waals surface area contributed by atoms with Crippen LogP contribution >= 0.6 is 0 Å². The van der Waals surface area contributed by atoms with Gasteiger partial charge in [0.15, 0.2) is 17.2 Å². The monoisotopic (exact) mass is 647 g/mol. The Morgan fingerprint density at radius 2 is 1.80 bits per heavy atom. The van der Waals surface area contributed by atoms with E-state index in [2.05, 4.69) is 19.3 Å². The van der Waals surface area contributed by atoms with Crippen LogP contribution in [0.3, 0.4) is 0 Å². The van der Waals surface area contributed by atoms with Gasteiger partial charge in [-0.25, -0.2) is 13.9 Å². The Bertz CT molecular complexity index is 1860. The first-order chi connectivity index (χ1) is 21.8. The minimum atomic E-state index is -4.81. The number of methoxy groups -OCH3 is 1. The number of fused-ring (bicyclic) bond motifs is 2. The van der Waals surface area contributed by atoms with Gasteiger partial charge in [-0.15, -0.1) is 8.78 Å². The fourth-order valence-corrected chi connectivity index (χ4v) is 5.42. The zero-order valence-corrected chi connectivity index (χ0v) is 24.0. The first-order valence-corrected chi connectivity index (χ1v) is 13.8. The van der Waals surface area contributed by atoms with Gasteiger partial charge in [0.05, 0.1) is 24.1 Å². The van der Waals surface area contributed by atoms with Crippen LogP contribution in [0.4, 0.5) is 32.0 Å². The molecule has 240 valence electrons. The number of nitrogens with zero attached hydrogens (tertiary/aromatic N) is 3. The molecule has 9 nitrogen and oxygen atoms in total. The molecular formula is C31H23F6N3O6. The second kappa shape index (κ2) is 11.3. The van der Waals surface area contributed by atoms with Gasteiger partial charge >= 0.3 is 18.4 Å². The molecule has 4 aromatic rings. The van der Waals surface area contributed by atoms with Crippen LogP contribution in [0.15, 0.2) is 60.7 Å². The average molecular weight is 648 g/mol. The summed E-state index contributed by atoms with van der Waals surface area (Å²) in [4.78, 5) is 26.4. The largest absolute Gasteiger partial charge is 0.586 e. The Balaban J connectivity index is 1.35. The highest BCUT2D eigenvalue weighted by molar-refractivity contribution is 6.06. The van der Waals surface area contributed by atoms with Crippen molar-refractivity contribution >= 4 is 17.6 Å². The van der Waals surface area contributed by atoms with Crippen LogP contribution in [-0.4, -0.2) is 42.1 Å². The van der Waals surface area contributed by atoms with E-state index in [-0.39, 0.29) is 63.8 Å². The summed E-state index contributed by atoms with van der Waals surface area (Å²) in [6.07, 6.45) is -9.02. The van der Waals surface area contributed by atoms with Crippen LogP contribution in [-0.2, 0) is 17.3 Å². The summed E-state index contributed by atoms with van der Waals surface area (Å²) in [5.41, 5.74) is -1.13. The molecule has 1 aliphatic heterocycles. The first-order valence-electron chi connectivity index (χ1n) is 13.8. The lowest BCUT2D eigenvalue weighted by Crippen LogP contribution is -2.26. The number of halogens is 6. The third-order valence-corrected chi connectivity index (χ3v) is 7.53. The smallest absolute Gasteiger partial charge is 0.484 e. The van der Waals surface area contributed by atoms with Gasteiger partial charge < -0.3 is 23.8 Å². The van der Waals surface area contributed by atoms with E-state index in [1.165, 1.54) is 55.6 Å². The molecule has 2 heterocycles. The molecule has 0 saturated carbocycles. The Labute approximate surface area is 256 Å². The zero-order chi connectivity index (χ0) is 33.0. The summed E-state index contributed by atoms with van der Waals surface area (Å²) < 4.78 is 105. The maximum absolute atomic E-state index is 14.6. The molecular weight excluding hydrogens is 624 g/mol. The molecule has 0 spiro atoms. The summed E-state index contributed by atoms with van der Waals surface area (Å²) in [6.45, 7) is 0. The normalized spacial score (nSPS) is 16.5. The summed E-state index contributed by atoms with van der Waals surface area (Å²) in [7, 11) is 2.48. The summed E-state index contributed by atoms with van der Waals surface area (Å²) in [5.74, 6) is -2.97. The number of carbonyl (C=O) groups excluding carboxylic acids is 2. The Morgan fingerprint density at radius 3 is 2.52 bits per heavy atom. The molecule has 0 fully saturated rings. The number of hydrogen-bond donors (Lipinski definition) is 0. The highest BCUT2D eigenvalue weighted by atomic mass is 19.4. The van der Waals surface area contributed by atoms with E-state index in [1.54, 1.807) is 0 Å². The lowest BCUT2D eigenvalue weighted by atomic mass is 9.92. The fraction of sp³-hybridized carbons (Fsp3) is 0.258. The molecule has 0 saturated heterocycles. The van der Waals surface area contributed by atoms with Crippen LogP contribution < -0.4 is 19.1 Å². The summed E-state index contributed by atoms with van der Waals surface area (Å²) in [6, 6.07) is 12.9. The second-order valence-corrected chi connectivity index (χ2v) is 10.5. The van der Waals surface area contributed by atoms with E-state index in [0.717, 1.165) is 28.8 Å². The molecule has 1 atom stereocenters. The van der Waals surface area contributed by atoms with Crippen molar-refractivity contribution in [2.24, 2.45) is 0 Å². The summed E-state index contributed by atoms with van der Waals surface area (Å²) >= 11 is 0. The van der Waals surface area contributed by atoms with Gasteiger partial charge in [0.1, 0.15) is 17.7 Å². The number of amides is 1. The van der Waals surface area contributed by atoms with Gasteiger partial charge in [-0.05, 0) is 61.7 Å². The standard InChI is InChI=1S/C31H23F6N3O6/c1-39(17-9-12-23-25(14-17)46-31(36,37)45-23)28(41)16-5-3-6-18(13-16)40-26-21(27(38-40)30(33,34)35)7-4-8-24(26)44-19-10-11-20(22(32)15-19)29(42)43-2/h3,5-6,9-15,24H,4,7-8H2,1-2H3. The lowest BCUT2D eigenvalue weighted by Gasteiger charge is -2.26. The second-order valence-electron chi connectivity index (χ2n) is 10.5. The zero-order valence-electron chi connectivity index (χ0n) is 24.0. The molecule has 1 unspecified atom stereocenters. The number of esters is 1. The van der Waals surface area contributed by atoms with Crippen molar-refractivity contribution in [3.63, 3.8) is 0 Å². The maximum atomic E-state index is 14.6. The van der Waals surface area contributed by atoms with Crippen molar-refractivity contribution in [1.29, 1.82) is 0 Å². The van der Waals surface area contributed by atoms with Crippen LogP contribution in [0.5, 0.6) is 17.2 Å². The van der Waals surface area contributed by atoms with Crippen LogP contribution in [0, 0.1) is 5.82 Å². The Hall–Kier alpha value is -5.21. The number of rotatable bonds is 6. The van der Waals surface area contributed by atoms with Crippen LogP contribution in [0.25, 0.3) is 5.69 Å². The number of alkyl halides is 5. The van der Waals surface area contributed by atoms with Gasteiger partial charge in [-0.2, -0.15) is 18.3 Å². The van der Waals surface area contributed by atoms with Gasteiger partial charge in [0.2, 0.25) is 0 Å². The van der Waals surface area contributed by atoms with E-state index in [4.69, 9.17) is 4.74 Å². The molecule has 0 N–H and O–H groups in total. The third kappa shape index (κ3) is 5.68. The highest BCUT2D eigenvalue weighted by Gasteiger charge is 2.44.